The number of halogens is 1. The Kier molecular flexibility index (Phi) is 2.38. The Hall–Kier alpha value is -2.21. The average Bonchev–Trinajstić information content (AvgIpc) is 2.94. The van der Waals surface area contributed by atoms with Gasteiger partial charge in [0.05, 0.1) is 22.8 Å². The maximum atomic E-state index is 11.9. The van der Waals surface area contributed by atoms with Crippen LogP contribution in [0.5, 0.6) is 0 Å². The molecule has 2 aromatic rings. The van der Waals surface area contributed by atoms with Crippen LogP contribution >= 0.6 is 11.6 Å². The molecular formula is C11H6ClN3O3. The first-order chi connectivity index (χ1) is 8.68. The summed E-state index contributed by atoms with van der Waals surface area (Å²) >= 11 is 6.02. The summed E-state index contributed by atoms with van der Waals surface area (Å²) in [5.74, 6) is -0.900. The van der Waals surface area contributed by atoms with E-state index in [9.17, 15) is 9.59 Å². The van der Waals surface area contributed by atoms with E-state index in [2.05, 4.69) is 14.7 Å². The Balaban J connectivity index is 2.07. The summed E-state index contributed by atoms with van der Waals surface area (Å²) in [4.78, 5) is 28.7. The third-order valence-corrected chi connectivity index (χ3v) is 2.95. The molecule has 0 bridgehead atoms. The molecule has 0 atom stereocenters. The third-order valence-electron chi connectivity index (χ3n) is 2.65. The van der Waals surface area contributed by atoms with Gasteiger partial charge in [0.2, 0.25) is 6.39 Å². The lowest BCUT2D eigenvalue weighted by atomic mass is 10.1. The Labute approximate surface area is 106 Å². The molecule has 0 spiro atoms. The molecule has 2 heterocycles. The van der Waals surface area contributed by atoms with Crippen LogP contribution in [-0.2, 0) is 11.3 Å². The van der Waals surface area contributed by atoms with Gasteiger partial charge >= 0.3 is 0 Å². The molecule has 18 heavy (non-hydrogen) atoms. The molecule has 7 heteroatoms. The van der Waals surface area contributed by atoms with Crippen LogP contribution in [0, 0.1) is 0 Å². The van der Waals surface area contributed by atoms with Gasteiger partial charge in [-0.05, 0) is 12.1 Å². The van der Waals surface area contributed by atoms with E-state index in [1.54, 1.807) is 18.2 Å². The number of carbonyl (C=O) groups excluding carboxylic acids is 2. The maximum Gasteiger partial charge on any atom is 0.299 e. The Morgan fingerprint density at radius 1 is 1.33 bits per heavy atom. The first-order valence-electron chi connectivity index (χ1n) is 5.08. The highest BCUT2D eigenvalue weighted by Crippen LogP contribution is 2.36. The van der Waals surface area contributed by atoms with Gasteiger partial charge in [0, 0.05) is 0 Å². The predicted octanol–water partition coefficient (Wildman–Crippen LogP) is 1.45. The Morgan fingerprint density at radius 2 is 2.17 bits per heavy atom. The Morgan fingerprint density at radius 3 is 2.89 bits per heavy atom. The summed E-state index contributed by atoms with van der Waals surface area (Å²) in [6.45, 7) is 0.0534. The fourth-order valence-corrected chi connectivity index (χ4v) is 2.14. The number of benzene rings is 1. The second-order valence-corrected chi connectivity index (χ2v) is 4.11. The number of fused-ring (bicyclic) bond motifs is 1. The topological polar surface area (TPSA) is 76.3 Å². The lowest BCUT2D eigenvalue weighted by molar-refractivity contribution is -0.114. The molecule has 0 radical (unpaired) electrons. The van der Waals surface area contributed by atoms with E-state index in [-0.39, 0.29) is 6.54 Å². The van der Waals surface area contributed by atoms with Crippen LogP contribution < -0.4 is 4.90 Å². The zero-order chi connectivity index (χ0) is 12.7. The maximum absolute atomic E-state index is 11.9. The summed E-state index contributed by atoms with van der Waals surface area (Å²) in [5, 5.41) is 3.95. The van der Waals surface area contributed by atoms with Crippen molar-refractivity contribution >= 4 is 29.0 Å². The van der Waals surface area contributed by atoms with Gasteiger partial charge in [-0.2, -0.15) is 4.98 Å². The van der Waals surface area contributed by atoms with Crippen LogP contribution in [0.2, 0.25) is 5.02 Å². The molecule has 0 saturated heterocycles. The van der Waals surface area contributed by atoms with Gasteiger partial charge in [-0.3, -0.25) is 14.5 Å². The summed E-state index contributed by atoms with van der Waals surface area (Å²) in [6.07, 6.45) is 1.16. The van der Waals surface area contributed by atoms with Crippen LogP contribution in [0.15, 0.2) is 29.1 Å². The fourth-order valence-electron chi connectivity index (χ4n) is 1.87. The van der Waals surface area contributed by atoms with Crippen molar-refractivity contribution in [3.8, 4) is 0 Å². The minimum absolute atomic E-state index is 0.0534. The molecule has 0 aliphatic carbocycles. The molecule has 1 aliphatic rings. The van der Waals surface area contributed by atoms with Gasteiger partial charge in [-0.1, -0.05) is 22.8 Å². The first kappa shape index (κ1) is 10.9. The second-order valence-electron chi connectivity index (χ2n) is 3.70. The molecule has 0 unspecified atom stereocenters. The number of para-hydroxylation sites is 1. The van der Waals surface area contributed by atoms with Crippen molar-refractivity contribution in [3.63, 3.8) is 0 Å². The van der Waals surface area contributed by atoms with Gasteiger partial charge in [-0.25, -0.2) is 0 Å². The number of nitrogens with zero attached hydrogens (tertiary/aromatic N) is 3. The van der Waals surface area contributed by atoms with Crippen molar-refractivity contribution in [1.82, 2.24) is 10.1 Å². The zero-order valence-corrected chi connectivity index (χ0v) is 9.72. The van der Waals surface area contributed by atoms with Gasteiger partial charge in [0.25, 0.3) is 11.7 Å². The van der Waals surface area contributed by atoms with Crippen LogP contribution in [-0.4, -0.2) is 21.8 Å². The van der Waals surface area contributed by atoms with Crippen molar-refractivity contribution < 1.29 is 14.1 Å². The summed E-state index contributed by atoms with van der Waals surface area (Å²) in [5.41, 5.74) is 0.704. The number of hydrogen-bond donors (Lipinski definition) is 0. The third kappa shape index (κ3) is 1.50. The lowest BCUT2D eigenvalue weighted by Gasteiger charge is -2.15. The number of ketones is 1. The number of aromatic nitrogens is 2. The van der Waals surface area contributed by atoms with Crippen LogP contribution in [0.4, 0.5) is 5.69 Å². The fraction of sp³-hybridized carbons (Fsp3) is 0.0909. The van der Waals surface area contributed by atoms with E-state index in [1.165, 1.54) is 4.90 Å². The van der Waals surface area contributed by atoms with Gasteiger partial charge in [-0.15, -0.1) is 0 Å². The number of hydrogen-bond acceptors (Lipinski definition) is 5. The first-order valence-corrected chi connectivity index (χ1v) is 5.46. The summed E-state index contributed by atoms with van der Waals surface area (Å²) < 4.78 is 4.59. The van der Waals surface area contributed by atoms with Gasteiger partial charge in [0.1, 0.15) is 0 Å². The minimum atomic E-state index is -0.636. The van der Waals surface area contributed by atoms with Crippen LogP contribution in [0.3, 0.4) is 0 Å². The van der Waals surface area contributed by atoms with Crippen molar-refractivity contribution in [2.75, 3.05) is 4.90 Å². The highest BCUT2D eigenvalue weighted by Gasteiger charge is 2.37. The summed E-state index contributed by atoms with van der Waals surface area (Å²) in [6, 6.07) is 4.82. The SMILES string of the molecule is O=C1C(=O)N(Cc2ncon2)c2c(Cl)cccc21. The highest BCUT2D eigenvalue weighted by molar-refractivity contribution is 6.54. The monoisotopic (exact) mass is 263 g/mol. The highest BCUT2D eigenvalue weighted by atomic mass is 35.5. The molecule has 0 fully saturated rings. The number of anilines is 1. The number of amides is 1. The van der Waals surface area contributed by atoms with Gasteiger partial charge < -0.3 is 4.52 Å². The average molecular weight is 264 g/mol. The molecule has 1 aliphatic heterocycles. The van der Waals surface area contributed by atoms with Crippen molar-refractivity contribution in [3.05, 3.63) is 41.0 Å². The van der Waals surface area contributed by atoms with E-state index in [0.717, 1.165) is 6.39 Å². The molecule has 0 N–H and O–H groups in total. The molecule has 0 saturated carbocycles. The number of rotatable bonds is 2. The van der Waals surface area contributed by atoms with E-state index in [1.807, 2.05) is 0 Å². The largest absolute Gasteiger partial charge is 0.343 e. The van der Waals surface area contributed by atoms with Crippen molar-refractivity contribution in [2.45, 2.75) is 6.54 Å². The molecule has 90 valence electrons. The molecule has 3 rings (SSSR count). The standard InChI is InChI=1S/C11H6ClN3O3/c12-7-3-1-2-6-9(7)15(11(17)10(6)16)4-8-13-5-18-14-8/h1-3,5H,4H2. The van der Waals surface area contributed by atoms with Crippen LogP contribution in [0.1, 0.15) is 16.2 Å². The second kappa shape index (κ2) is 3.92. The minimum Gasteiger partial charge on any atom is -0.343 e. The predicted molar refractivity (Wildman–Crippen MR) is 61.3 cm³/mol. The molecule has 1 aromatic carbocycles. The smallest absolute Gasteiger partial charge is 0.299 e. The normalized spacial score (nSPS) is 14.2. The lowest BCUT2D eigenvalue weighted by Crippen LogP contribution is -2.29. The van der Waals surface area contributed by atoms with E-state index >= 15 is 0 Å². The Bertz CT molecular complexity index is 639. The molecular weight excluding hydrogens is 258 g/mol. The summed E-state index contributed by atoms with van der Waals surface area (Å²) in [7, 11) is 0. The van der Waals surface area contributed by atoms with Crippen LogP contribution in [0.25, 0.3) is 0 Å². The van der Waals surface area contributed by atoms with Gasteiger partial charge in [0.15, 0.2) is 5.82 Å². The van der Waals surface area contributed by atoms with Crippen molar-refractivity contribution in [2.24, 2.45) is 0 Å². The van der Waals surface area contributed by atoms with Crippen molar-refractivity contribution in [1.29, 1.82) is 0 Å². The zero-order valence-electron chi connectivity index (χ0n) is 8.96. The molecule has 1 aromatic heterocycles. The molecule has 6 nitrogen and oxygen atoms in total. The quantitative estimate of drug-likeness (QED) is 0.767. The number of carbonyl (C=O) groups is 2. The molecule has 1 amide bonds. The van der Waals surface area contributed by atoms with E-state index in [0.29, 0.717) is 22.1 Å². The van der Waals surface area contributed by atoms with E-state index in [4.69, 9.17) is 11.6 Å². The van der Waals surface area contributed by atoms with E-state index < -0.39 is 11.7 Å². The number of Topliss-reactive ketones (excluding diaryl/α,β-unsaturated/α-hetero) is 1.